The Morgan fingerprint density at radius 1 is 0.617 bits per heavy atom. The number of carbonyl (C=O) groups is 14. The van der Waals surface area contributed by atoms with Gasteiger partial charge in [-0.1, -0.05) is 12.8 Å². The van der Waals surface area contributed by atoms with E-state index in [2.05, 4.69) is 42.6 Å². The van der Waals surface area contributed by atoms with Crippen molar-refractivity contribution in [2.45, 2.75) is 190 Å². The number of likely N-dealkylation sites (tertiary alicyclic amines) is 3. The van der Waals surface area contributed by atoms with Gasteiger partial charge in [0.25, 0.3) is 5.91 Å². The number of aliphatic hydroxyl groups is 1. The summed E-state index contributed by atoms with van der Waals surface area (Å²) in [5.74, 6) is -13.5. The van der Waals surface area contributed by atoms with Crippen molar-refractivity contribution >= 4 is 117 Å². The zero-order chi connectivity index (χ0) is 77.9. The average Bonchev–Trinajstić information content (AvgIpc) is 1.45. The fourth-order valence-corrected chi connectivity index (χ4v) is 14.1. The number of benzene rings is 3. The molecule has 0 spiro atoms. The highest BCUT2D eigenvalue weighted by atomic mass is 32.1. The van der Waals surface area contributed by atoms with Crippen molar-refractivity contribution in [1.29, 1.82) is 0 Å². The van der Waals surface area contributed by atoms with E-state index >= 15 is 0 Å². The third-order valence-corrected chi connectivity index (χ3v) is 19.6. The largest absolute Gasteiger partial charge is 0.508 e. The van der Waals surface area contributed by atoms with Gasteiger partial charge >= 0.3 is 23.9 Å². The van der Waals surface area contributed by atoms with Crippen LogP contribution in [0.3, 0.4) is 0 Å². The van der Waals surface area contributed by atoms with Crippen LogP contribution in [0.1, 0.15) is 146 Å². The van der Waals surface area contributed by atoms with E-state index in [4.69, 9.17) is 27.5 Å². The summed E-state index contributed by atoms with van der Waals surface area (Å²) in [5, 5.41) is 79.8. The van der Waals surface area contributed by atoms with Crippen molar-refractivity contribution in [3.8, 4) is 28.2 Å². The van der Waals surface area contributed by atoms with Crippen molar-refractivity contribution in [2.75, 3.05) is 44.6 Å². The first-order valence-corrected chi connectivity index (χ1v) is 36.0. The number of carboxylic acids is 4. The lowest BCUT2D eigenvalue weighted by molar-refractivity contribution is -0.148. The number of rotatable bonds is 36. The van der Waals surface area contributed by atoms with E-state index in [1.165, 1.54) is 66.1 Å². The van der Waals surface area contributed by atoms with Gasteiger partial charge in [-0.25, -0.2) is 10.2 Å². The van der Waals surface area contributed by atoms with E-state index in [9.17, 15) is 97.5 Å². The SMILES string of the molecule is C[C@@H](NC(=O)[C@H](NC(=O)[C@H]1CCCN1C(=O)[C@@H](CCC(=O)O)NC(=O)[C@H]1CCCN1C(=O)CCCCNC(=S)Nc1ccc(C(=O)O)c(-c2c3ccc(=O)cc-3oc3cc(O)ccc23)c1)[C@@H](C)O)C(=O)N(CC(=O)N1CCC[C@@H]1C(=O)N[C@H](CCC(=O)O)C(=O)N[C@H](CCC(=O)O)C(N)=O)NCC1CCCC1. The smallest absolute Gasteiger partial charge is 0.336 e. The minimum absolute atomic E-state index is 0.00953. The third-order valence-electron chi connectivity index (χ3n) is 19.4. The average molecular weight is 1510 g/mol. The van der Waals surface area contributed by atoms with Gasteiger partial charge in [-0.05, 0) is 163 Å². The number of unbranched alkanes of at least 4 members (excludes halogenated alkanes) is 1. The molecule has 4 aliphatic heterocycles. The van der Waals surface area contributed by atoms with E-state index < -0.39 is 177 Å². The van der Waals surface area contributed by atoms with Gasteiger partial charge in [0.05, 0.1) is 11.7 Å². The van der Waals surface area contributed by atoms with Crippen molar-refractivity contribution < 1.29 is 102 Å². The van der Waals surface area contributed by atoms with Gasteiger partial charge in [-0.3, -0.25) is 72.1 Å². The number of hydrazine groups is 1. The van der Waals surface area contributed by atoms with Crippen LogP contribution in [0.4, 0.5) is 5.69 Å². The number of aliphatic carboxylic acids is 3. The maximum atomic E-state index is 14.5. The number of hydrogen-bond acceptors (Lipinski definition) is 20. The van der Waals surface area contributed by atoms with Gasteiger partial charge in [-0.2, -0.15) is 0 Å². The molecule has 36 heteroatoms. The number of nitrogens with one attached hydrogen (secondary N) is 8. The molecule has 0 radical (unpaired) electrons. The molecular formula is C71H91N13O22S. The molecule has 4 heterocycles. The predicted molar refractivity (Wildman–Crippen MR) is 384 cm³/mol. The van der Waals surface area contributed by atoms with Gasteiger partial charge in [-0.15, -0.1) is 0 Å². The minimum atomic E-state index is -1.75. The van der Waals surface area contributed by atoms with Crippen molar-refractivity contribution in [1.82, 2.24) is 57.0 Å². The van der Waals surface area contributed by atoms with Crippen molar-refractivity contribution in [3.05, 3.63) is 70.4 Å². The highest BCUT2D eigenvalue weighted by Crippen LogP contribution is 2.43. The zero-order valence-corrected chi connectivity index (χ0v) is 60.0. The Kier molecular flexibility index (Phi) is 29.0. The number of primary amides is 1. The van der Waals surface area contributed by atoms with Crippen LogP contribution in [0.15, 0.2) is 63.8 Å². The lowest BCUT2D eigenvalue weighted by Crippen LogP contribution is -2.61. The van der Waals surface area contributed by atoms with Crippen LogP contribution in [0.2, 0.25) is 0 Å². The lowest BCUT2D eigenvalue weighted by Gasteiger charge is -2.32. The number of nitrogens with two attached hydrogens (primary N) is 1. The second-order valence-corrected chi connectivity index (χ2v) is 27.6. The lowest BCUT2D eigenvalue weighted by atomic mass is 9.90. The summed E-state index contributed by atoms with van der Waals surface area (Å²) >= 11 is 5.58. The number of aromatic carboxylic acids is 1. The Balaban J connectivity index is 0.845. The maximum absolute atomic E-state index is 14.5. The highest BCUT2D eigenvalue weighted by Gasteiger charge is 2.43. The Morgan fingerprint density at radius 2 is 1.20 bits per heavy atom. The molecule has 107 heavy (non-hydrogen) atoms. The molecule has 6 aliphatic rings. The Morgan fingerprint density at radius 3 is 1.80 bits per heavy atom. The first-order valence-electron chi connectivity index (χ1n) is 35.6. The van der Waals surface area contributed by atoms with Gasteiger partial charge in [0.15, 0.2) is 10.5 Å². The number of nitrogens with zero attached hydrogens (tertiary/aromatic N) is 4. The van der Waals surface area contributed by atoms with Crippen LogP contribution in [0.5, 0.6) is 5.75 Å². The van der Waals surface area contributed by atoms with Gasteiger partial charge in [0.1, 0.15) is 72.0 Å². The molecule has 3 saturated heterocycles. The molecule has 2 aromatic rings. The molecule has 2 aromatic carbocycles. The maximum Gasteiger partial charge on any atom is 0.336 e. The van der Waals surface area contributed by atoms with E-state index in [1.807, 2.05) is 0 Å². The first kappa shape index (κ1) is 81.8. The second kappa shape index (κ2) is 37.9. The van der Waals surface area contributed by atoms with Crippen molar-refractivity contribution in [2.24, 2.45) is 11.7 Å². The molecule has 35 nitrogen and oxygen atoms in total. The predicted octanol–water partition coefficient (Wildman–Crippen LogP) is 0.826. The van der Waals surface area contributed by atoms with Crippen LogP contribution in [0.25, 0.3) is 33.4 Å². The molecule has 2 aliphatic carbocycles. The van der Waals surface area contributed by atoms with E-state index in [0.717, 1.165) is 35.6 Å². The van der Waals surface area contributed by atoms with E-state index in [0.29, 0.717) is 41.5 Å². The molecule has 10 amide bonds. The first-order chi connectivity index (χ1) is 50.9. The molecule has 8 rings (SSSR count). The molecule has 16 N–H and O–H groups in total. The Bertz CT molecular complexity index is 4070. The summed E-state index contributed by atoms with van der Waals surface area (Å²) in [7, 11) is 0. The third kappa shape index (κ3) is 22.1. The number of anilines is 1. The number of phenols is 1. The van der Waals surface area contributed by atoms with Crippen LogP contribution in [0, 0.1) is 5.92 Å². The summed E-state index contributed by atoms with van der Waals surface area (Å²) in [4.78, 5) is 202. The summed E-state index contributed by atoms with van der Waals surface area (Å²) in [6, 6.07) is 1.65. The number of carboxylic acid groups (broad SMARTS) is 4. The molecule has 1 saturated carbocycles. The minimum Gasteiger partial charge on any atom is -0.508 e. The van der Waals surface area contributed by atoms with Crippen LogP contribution >= 0.6 is 12.2 Å². The molecule has 0 bridgehead atoms. The standard InChI is InChI=1S/C71H91N13O22S/c1-37(68(102)84(74-35-39-10-3-4-11-39)36-56(89)82-30-8-13-51(82)64(98)78-48(23-26-58(92)93)63(97)77-47(62(72)96)22-25-57(90)91)75-67(101)61(38(2)85)80-66(100)52-14-9-31-83(52)69(103)49(24-27-59(94)95)79-65(99)50-12-7-29-81(50)55(88)15-5-6-28-73-71(107)76-40-16-19-43(70(104)105)46(32-40)60-44-20-17-41(86)33-53(44)106-54-34-42(87)18-21-45(54)60/h16-21,32-34,37-39,47-52,61,74,85-86H,3-15,22-31,35-36H2,1-2H3,(H2,72,96)(H,75,101)(H,77,97)(H,78,98)(H,79,99)(H,80,100)(H,90,91)(H,92,93)(H,94,95)(H,104,105)(H2,73,76,107)/t37-,38-,47-,48-,49-,50-,51-,52-,61-/m1/s1. The van der Waals surface area contributed by atoms with E-state index in [-0.39, 0.29) is 122 Å². The Labute approximate surface area is 618 Å². The van der Waals surface area contributed by atoms with Gasteiger partial charge in [0.2, 0.25) is 53.2 Å². The molecule has 4 fully saturated rings. The Hall–Kier alpha value is -10.9. The second-order valence-electron chi connectivity index (χ2n) is 27.2. The fraction of sp³-hybridized carbons (Fsp3) is 0.521. The number of aromatic hydroxyl groups is 1. The van der Waals surface area contributed by atoms with E-state index in [1.54, 1.807) is 12.1 Å². The summed E-state index contributed by atoms with van der Waals surface area (Å²) in [6.07, 6.45) is 0.836. The highest BCUT2D eigenvalue weighted by molar-refractivity contribution is 7.80. The molecule has 9 atom stereocenters. The normalized spacial score (nSPS) is 18.1. The molecular weight excluding hydrogens is 1420 g/mol. The molecule has 578 valence electrons. The number of phenolic OH excluding ortho intramolecular Hbond substituents is 1. The van der Waals surface area contributed by atoms with Crippen LogP contribution < -0.4 is 53.8 Å². The molecule has 0 aromatic heterocycles. The number of hydrogen-bond donors (Lipinski definition) is 15. The van der Waals surface area contributed by atoms with Crippen LogP contribution in [-0.4, -0.2) is 232 Å². The van der Waals surface area contributed by atoms with Crippen molar-refractivity contribution in [3.63, 3.8) is 0 Å². The zero-order valence-electron chi connectivity index (χ0n) is 59.1. The number of thiocarbonyl (C=S) groups is 1. The summed E-state index contributed by atoms with van der Waals surface area (Å²) in [5.41, 5.74) is 9.72. The summed E-state index contributed by atoms with van der Waals surface area (Å²) in [6.45, 7) is 2.47. The van der Waals surface area contributed by atoms with Crippen LogP contribution in [-0.2, 0) is 62.3 Å². The quantitative estimate of drug-likeness (QED) is 0.0130. The fourth-order valence-electron chi connectivity index (χ4n) is 13.8. The molecule has 0 unspecified atom stereocenters. The van der Waals surface area contributed by atoms with Gasteiger partial charge < -0.3 is 92.7 Å². The number of aliphatic hydroxyl groups excluding tert-OH is 1. The van der Waals surface area contributed by atoms with Gasteiger partial charge in [0, 0.05) is 92.7 Å². The monoisotopic (exact) mass is 1510 g/mol. The number of amides is 10. The summed E-state index contributed by atoms with van der Waals surface area (Å²) < 4.78 is 5.94. The number of carbonyl (C=O) groups excluding carboxylic acids is 10. The number of fused-ring (bicyclic) bond motifs is 2. The topological polar surface area (TPSA) is 526 Å².